The average molecular weight is 1010 g/mol. The average Bonchev–Trinajstić information content (AvgIpc) is 3.80. The molecule has 18 nitrogen and oxygen atoms in total. The van der Waals surface area contributed by atoms with Crippen molar-refractivity contribution in [1.29, 1.82) is 0 Å². The number of hydrogen-bond donors (Lipinski definition) is 6. The molecule has 0 saturated carbocycles. The van der Waals surface area contributed by atoms with E-state index in [1.807, 2.05) is 68.9 Å². The normalized spacial score (nSPS) is 40.4. The minimum atomic E-state index is -1.83. The molecule has 3 aliphatic heterocycles. The van der Waals surface area contributed by atoms with Crippen molar-refractivity contribution >= 4 is 5.97 Å². The number of esters is 1. The highest BCUT2D eigenvalue weighted by Crippen LogP contribution is 2.45. The summed E-state index contributed by atoms with van der Waals surface area (Å²) < 4.78 is 54.1. The van der Waals surface area contributed by atoms with Crippen molar-refractivity contribution in [3.05, 3.63) is 47.3 Å². The summed E-state index contributed by atoms with van der Waals surface area (Å²) in [6.07, 6.45) is -6.16. The Balaban J connectivity index is 1.46. The largest absolute Gasteiger partial charge is 0.459 e. The highest BCUT2D eigenvalue weighted by atomic mass is 19.1. The first-order valence-electron chi connectivity index (χ1n) is 25.7. The van der Waals surface area contributed by atoms with Crippen LogP contribution in [0.2, 0.25) is 0 Å². The quantitative estimate of drug-likeness (QED) is 0.139. The van der Waals surface area contributed by atoms with Crippen LogP contribution >= 0.6 is 0 Å². The Morgan fingerprint density at radius 3 is 2.25 bits per heavy atom. The fraction of sp³-hybridized carbons (Fsp3) is 0.827. The van der Waals surface area contributed by atoms with Crippen molar-refractivity contribution in [2.24, 2.45) is 29.4 Å². The number of cyclic esters (lactones) is 1. The summed E-state index contributed by atoms with van der Waals surface area (Å²) in [6, 6.07) is 5.72. The van der Waals surface area contributed by atoms with Crippen LogP contribution in [0, 0.1) is 23.7 Å². The monoisotopic (exact) mass is 1010 g/mol. The minimum Gasteiger partial charge on any atom is -0.459 e. The zero-order chi connectivity index (χ0) is 52.9. The molecule has 19 heteroatoms. The molecule has 3 aliphatic rings. The maximum atomic E-state index is 14.7. The number of alkyl halides is 1. The number of nitrogens with zero attached hydrogens (tertiary/aromatic N) is 5. The van der Waals surface area contributed by atoms with Crippen LogP contribution in [0.3, 0.4) is 0 Å². The lowest BCUT2D eigenvalue weighted by atomic mass is 9.68. The number of rotatable bonds is 15. The summed E-state index contributed by atoms with van der Waals surface area (Å²) in [6.45, 7) is 18.3. The van der Waals surface area contributed by atoms with Crippen LogP contribution in [0.1, 0.15) is 124 Å². The number of carbonyl (C=O) groups excluding carboxylic acids is 1. The van der Waals surface area contributed by atoms with Crippen molar-refractivity contribution in [3.63, 3.8) is 0 Å². The fourth-order valence-corrected chi connectivity index (χ4v) is 11.9. The van der Waals surface area contributed by atoms with Crippen molar-refractivity contribution < 1.29 is 63.1 Å². The molecular weight excluding hydrogens is 920 g/mol. The molecule has 5 rings (SSSR count). The maximum absolute atomic E-state index is 14.7. The van der Waals surface area contributed by atoms with Gasteiger partial charge in [0.25, 0.3) is 0 Å². The van der Waals surface area contributed by atoms with E-state index in [4.69, 9.17) is 34.2 Å². The van der Waals surface area contributed by atoms with Gasteiger partial charge in [0, 0.05) is 70.9 Å². The molecule has 0 radical (unpaired) electrons. The van der Waals surface area contributed by atoms with E-state index in [1.54, 1.807) is 47.7 Å². The number of halogens is 1. The van der Waals surface area contributed by atoms with E-state index in [1.165, 1.54) is 25.8 Å². The fourth-order valence-electron chi connectivity index (χ4n) is 11.9. The van der Waals surface area contributed by atoms with Gasteiger partial charge < -0.3 is 69.5 Å². The van der Waals surface area contributed by atoms with Gasteiger partial charge in [0.1, 0.15) is 48.8 Å². The van der Waals surface area contributed by atoms with Crippen LogP contribution < -0.4 is 5.73 Å². The van der Waals surface area contributed by atoms with E-state index in [-0.39, 0.29) is 31.3 Å². The molecule has 2 aromatic rings. The number of aliphatic hydroxyl groups excluding tert-OH is 3. The van der Waals surface area contributed by atoms with Gasteiger partial charge in [-0.3, -0.25) is 4.79 Å². The molecule has 3 fully saturated rings. The predicted octanol–water partition coefficient (Wildman–Crippen LogP) is 3.74. The van der Waals surface area contributed by atoms with E-state index in [2.05, 4.69) is 10.3 Å². The lowest BCUT2D eigenvalue weighted by molar-refractivity contribution is -0.302. The third-order valence-electron chi connectivity index (χ3n) is 16.4. The van der Waals surface area contributed by atoms with Crippen molar-refractivity contribution in [3.8, 4) is 0 Å². The molecule has 71 heavy (non-hydrogen) atoms. The second-order valence-corrected chi connectivity index (χ2v) is 22.0. The molecule has 406 valence electrons. The number of hydrogen-bond acceptors (Lipinski definition) is 17. The molecule has 4 heterocycles. The standard InChI is InChI=1S/C52H89FN6O12/c1-15-41-52(10,65)45(61)33(6)58(12)27-29(2)23-50(8,64)47(31(4)42(32(5)48(63)70-41)40-24-51(9,67-14)46(62)34(7)69-40)71-49-43(60)38(22-30(3)68-49)57(11)21-20-37-28-59(56-55-37)39(25-53)44(66-13)36-18-16-35(26-54)17-19-36/h16-19,28-34,38-47,49,60-62,64-65H,15,20-27,54H2,1-14H3/t29-,30-,31+,32-,33-,34+,38+,39-,40?,41-,42+,43-,44-,45-,46+,47-,49+,50-,51-,52-/m1/s1. The Morgan fingerprint density at radius 1 is 1.00 bits per heavy atom. The van der Waals surface area contributed by atoms with Crippen molar-refractivity contribution in [2.45, 2.75) is 204 Å². The number of benzene rings is 1. The number of methoxy groups -OCH3 is 2. The number of likely N-dealkylation sites (N-methyl/N-ethyl adjacent to an activating group) is 2. The molecule has 0 aliphatic carbocycles. The van der Waals surface area contributed by atoms with Gasteiger partial charge in [-0.25, -0.2) is 9.07 Å². The molecule has 1 aromatic heterocycles. The lowest BCUT2D eigenvalue weighted by Crippen LogP contribution is -2.62. The zero-order valence-electron chi connectivity index (χ0n) is 44.9. The Kier molecular flexibility index (Phi) is 20.6. The number of ether oxygens (including phenoxy) is 6. The molecular formula is C52H89FN6O12. The second-order valence-electron chi connectivity index (χ2n) is 22.0. The van der Waals surface area contributed by atoms with E-state index in [0.29, 0.717) is 38.2 Å². The van der Waals surface area contributed by atoms with Gasteiger partial charge in [0.15, 0.2) is 6.29 Å². The Morgan fingerprint density at radius 2 is 1.66 bits per heavy atom. The van der Waals surface area contributed by atoms with Crippen LogP contribution in [0.4, 0.5) is 4.39 Å². The van der Waals surface area contributed by atoms with Gasteiger partial charge >= 0.3 is 5.97 Å². The van der Waals surface area contributed by atoms with Gasteiger partial charge in [0.05, 0.1) is 47.2 Å². The molecule has 1 aromatic carbocycles. The third-order valence-corrected chi connectivity index (χ3v) is 16.4. The van der Waals surface area contributed by atoms with E-state index >= 15 is 0 Å². The molecule has 3 saturated heterocycles. The van der Waals surface area contributed by atoms with Crippen molar-refractivity contribution in [1.82, 2.24) is 24.8 Å². The molecule has 20 atom stereocenters. The highest BCUT2D eigenvalue weighted by Gasteiger charge is 2.55. The minimum absolute atomic E-state index is 0.174. The molecule has 0 amide bonds. The molecule has 0 spiro atoms. The van der Waals surface area contributed by atoms with Gasteiger partial charge in [-0.2, -0.15) is 0 Å². The van der Waals surface area contributed by atoms with Crippen LogP contribution in [0.15, 0.2) is 30.5 Å². The summed E-state index contributed by atoms with van der Waals surface area (Å²) >= 11 is 0. The van der Waals surface area contributed by atoms with Gasteiger partial charge in [-0.15, -0.1) is 5.10 Å². The summed E-state index contributed by atoms with van der Waals surface area (Å²) in [4.78, 5) is 18.6. The molecule has 0 bridgehead atoms. The lowest BCUT2D eigenvalue weighted by Gasteiger charge is -2.51. The second kappa shape index (κ2) is 24.7. The third kappa shape index (κ3) is 13.4. The SMILES string of the molecule is CC[C@H]1OC(=O)[C@H](C)[C@@H](C2C[C@@](C)(OC)[C@@H](O)[C@H](C)O2)[C@H](C)[C@@H](O[C@@H]2O[C@H](C)C[C@H](N(C)CCc3cn([C@H](CF)[C@H](OC)c4ccc(CN)cc4)nn3)[C@H]2O)[C@](C)(O)C[C@@H](C)CN(C)[C@H](C)[C@@H](O)[C@]1(C)O. The van der Waals surface area contributed by atoms with Crippen LogP contribution in [0.25, 0.3) is 0 Å². The first-order chi connectivity index (χ1) is 33.3. The number of nitrogens with two attached hydrogens (primary N) is 1. The Bertz CT molecular complexity index is 1970. The first kappa shape index (κ1) is 59.1. The summed E-state index contributed by atoms with van der Waals surface area (Å²) in [7, 11) is 6.79. The first-order valence-corrected chi connectivity index (χ1v) is 25.7. The topological polar surface area (TPSA) is 237 Å². The number of carbonyl (C=O) groups is 1. The highest BCUT2D eigenvalue weighted by molar-refractivity contribution is 5.73. The van der Waals surface area contributed by atoms with Crippen LogP contribution in [-0.2, 0) is 46.2 Å². The van der Waals surface area contributed by atoms with Crippen LogP contribution in [0.5, 0.6) is 0 Å². The summed E-state index contributed by atoms with van der Waals surface area (Å²) in [5.74, 6) is -3.24. The molecule has 1 unspecified atom stereocenters. The smallest absolute Gasteiger partial charge is 0.309 e. The van der Waals surface area contributed by atoms with Gasteiger partial charge in [-0.05, 0) is 97.9 Å². The number of aromatic nitrogens is 3. The van der Waals surface area contributed by atoms with E-state index in [0.717, 1.165) is 11.1 Å². The van der Waals surface area contributed by atoms with E-state index < -0.39 is 120 Å². The Hall–Kier alpha value is -2.76. The summed E-state index contributed by atoms with van der Waals surface area (Å²) in [5.41, 5.74) is 3.63. The van der Waals surface area contributed by atoms with Crippen LogP contribution in [-0.4, -0.2) is 188 Å². The van der Waals surface area contributed by atoms with Gasteiger partial charge in [-0.1, -0.05) is 57.2 Å². The zero-order valence-corrected chi connectivity index (χ0v) is 44.9. The molecule has 7 N–H and O–H groups in total. The summed E-state index contributed by atoms with van der Waals surface area (Å²) in [5, 5.41) is 68.8. The van der Waals surface area contributed by atoms with E-state index in [9.17, 15) is 34.7 Å². The predicted molar refractivity (Wildman–Crippen MR) is 265 cm³/mol. The van der Waals surface area contributed by atoms with Gasteiger partial charge in [0.2, 0.25) is 0 Å². The Labute approximate surface area is 421 Å². The number of aliphatic hydroxyl groups is 5. The maximum Gasteiger partial charge on any atom is 0.309 e. The van der Waals surface area contributed by atoms with Crippen molar-refractivity contribution in [2.75, 3.05) is 48.1 Å².